The molecule has 1 N–H and O–H groups in total. The molecule has 1 aliphatic heterocycles. The van der Waals surface area contributed by atoms with Gasteiger partial charge >= 0.3 is 5.97 Å². The van der Waals surface area contributed by atoms with Gasteiger partial charge in [-0.25, -0.2) is 4.79 Å². The van der Waals surface area contributed by atoms with Crippen molar-refractivity contribution < 1.29 is 23.8 Å². The second-order valence-corrected chi connectivity index (χ2v) is 15.8. The van der Waals surface area contributed by atoms with E-state index in [1.165, 1.54) is 10.4 Å². The summed E-state index contributed by atoms with van der Waals surface area (Å²) in [6.45, 7) is 12.9. The summed E-state index contributed by atoms with van der Waals surface area (Å²) in [6.07, 6.45) is 7.35. The Morgan fingerprint density at radius 1 is 1.00 bits per heavy atom. The molecule has 1 aliphatic rings. The fraction of sp³-hybridized carbons (Fsp3) is 0.516. The van der Waals surface area contributed by atoms with Crippen molar-refractivity contribution in [3.05, 3.63) is 72.8 Å². The number of carbonyl (C=O) groups is 1. The second-order valence-electron chi connectivity index (χ2n) is 11.6. The molecule has 6 heteroatoms. The zero-order chi connectivity index (χ0) is 27.1. The van der Waals surface area contributed by atoms with Crippen LogP contribution >= 0.6 is 0 Å². The Bertz CT molecular complexity index is 973. The number of ether oxygens (including phenoxy) is 2. The Hall–Kier alpha value is -2.25. The van der Waals surface area contributed by atoms with Gasteiger partial charge in [0, 0.05) is 12.2 Å². The fourth-order valence-corrected chi connectivity index (χ4v) is 10.2. The highest BCUT2D eigenvalue weighted by atomic mass is 28.4. The number of hydrogen-bond donors (Lipinski definition) is 1. The maximum atomic E-state index is 10.9. The molecule has 2 aromatic carbocycles. The first-order valence-electron chi connectivity index (χ1n) is 13.5. The summed E-state index contributed by atoms with van der Waals surface area (Å²) >= 11 is 0. The molecule has 0 saturated carbocycles. The lowest BCUT2D eigenvalue weighted by Gasteiger charge is -2.44. The number of hydrogen-bond acceptors (Lipinski definition) is 4. The fourth-order valence-electron chi connectivity index (χ4n) is 5.43. The molecule has 1 saturated heterocycles. The SMILES string of the molecule is C[C@H](CCCCC[C@H]1OC(C)(C)O[C@@H]1/C=C/C(=O)O)O[Si](c1ccccc1)(c1ccccc1)C(C)(C)C. The predicted molar refractivity (Wildman–Crippen MR) is 152 cm³/mol. The molecular weight excluding hydrogens is 480 g/mol. The first-order valence-corrected chi connectivity index (χ1v) is 15.4. The quantitative estimate of drug-likeness (QED) is 0.208. The second kappa shape index (κ2) is 12.5. The highest BCUT2D eigenvalue weighted by Crippen LogP contribution is 2.38. The van der Waals surface area contributed by atoms with E-state index in [2.05, 4.69) is 88.4 Å². The Labute approximate surface area is 224 Å². The van der Waals surface area contributed by atoms with E-state index in [1.54, 1.807) is 6.08 Å². The summed E-state index contributed by atoms with van der Waals surface area (Å²) in [5, 5.41) is 11.6. The normalized spacial score (nSPS) is 20.8. The van der Waals surface area contributed by atoms with Crippen molar-refractivity contribution in [1.82, 2.24) is 0 Å². The van der Waals surface area contributed by atoms with Crippen molar-refractivity contribution in [3.63, 3.8) is 0 Å². The standard InChI is InChI=1S/C31H44O5Si/c1-24(16-10-7-15-21-27-28(22-23-29(32)33)35-31(5,6)34-27)36-37(30(2,3)4,25-17-11-8-12-18-25)26-19-13-9-14-20-26/h8-9,11-14,17-20,22-24,27-28H,7,10,15-16,21H2,1-6H3,(H,32,33)/b23-22+/t24-,27-,28-/m1/s1. The van der Waals surface area contributed by atoms with Crippen LogP contribution in [0.25, 0.3) is 0 Å². The van der Waals surface area contributed by atoms with Crippen molar-refractivity contribution in [3.8, 4) is 0 Å². The number of unbranched alkanes of at least 4 members (excludes halogenated alkanes) is 2. The summed E-state index contributed by atoms with van der Waals surface area (Å²) in [7, 11) is -2.54. The van der Waals surface area contributed by atoms with Crippen LogP contribution in [0.3, 0.4) is 0 Å². The molecular formula is C31H44O5Si. The number of carboxylic acid groups (broad SMARTS) is 1. The van der Waals surface area contributed by atoms with Crippen LogP contribution in [0.1, 0.15) is 73.6 Å². The van der Waals surface area contributed by atoms with Crippen LogP contribution in [-0.4, -0.2) is 43.5 Å². The maximum Gasteiger partial charge on any atom is 0.328 e. The topological polar surface area (TPSA) is 65.0 Å². The first kappa shape index (κ1) is 29.3. The van der Waals surface area contributed by atoms with Crippen LogP contribution in [0.15, 0.2) is 72.8 Å². The lowest BCUT2D eigenvalue weighted by Crippen LogP contribution is -2.67. The van der Waals surface area contributed by atoms with Gasteiger partial charge in [-0.15, -0.1) is 0 Å². The van der Waals surface area contributed by atoms with Gasteiger partial charge in [0.1, 0.15) is 6.10 Å². The van der Waals surface area contributed by atoms with Crippen LogP contribution in [0.2, 0.25) is 5.04 Å². The summed E-state index contributed by atoms with van der Waals surface area (Å²) in [5.74, 6) is -1.67. The van der Waals surface area contributed by atoms with Crippen LogP contribution in [-0.2, 0) is 18.7 Å². The van der Waals surface area contributed by atoms with Gasteiger partial charge in [-0.3, -0.25) is 0 Å². The molecule has 1 fully saturated rings. The molecule has 0 amide bonds. The lowest BCUT2D eigenvalue weighted by molar-refractivity contribution is -0.143. The van der Waals surface area contributed by atoms with Gasteiger partial charge in [-0.1, -0.05) is 101 Å². The molecule has 2 aromatic rings. The third-order valence-electron chi connectivity index (χ3n) is 7.04. The van der Waals surface area contributed by atoms with E-state index in [4.69, 9.17) is 19.0 Å². The van der Waals surface area contributed by atoms with Crippen molar-refractivity contribution in [1.29, 1.82) is 0 Å². The summed E-state index contributed by atoms with van der Waals surface area (Å²) in [6, 6.07) is 21.6. The van der Waals surface area contributed by atoms with Gasteiger partial charge in [0.05, 0.1) is 6.10 Å². The average molecular weight is 525 g/mol. The van der Waals surface area contributed by atoms with E-state index in [-0.39, 0.29) is 23.4 Å². The summed E-state index contributed by atoms with van der Waals surface area (Å²) in [4.78, 5) is 10.9. The van der Waals surface area contributed by atoms with E-state index < -0.39 is 20.1 Å². The molecule has 3 rings (SSSR count). The van der Waals surface area contributed by atoms with E-state index in [9.17, 15) is 4.79 Å². The Kier molecular flexibility index (Phi) is 9.92. The molecule has 202 valence electrons. The van der Waals surface area contributed by atoms with Gasteiger partial charge in [-0.2, -0.15) is 0 Å². The van der Waals surface area contributed by atoms with Gasteiger partial charge in [0.2, 0.25) is 0 Å². The monoisotopic (exact) mass is 524 g/mol. The predicted octanol–water partition coefficient (Wildman–Crippen LogP) is 6.06. The van der Waals surface area contributed by atoms with Gasteiger partial charge < -0.3 is 19.0 Å². The molecule has 0 unspecified atom stereocenters. The minimum atomic E-state index is -2.54. The van der Waals surface area contributed by atoms with Crippen LogP contribution in [0, 0.1) is 0 Å². The molecule has 3 atom stereocenters. The zero-order valence-electron chi connectivity index (χ0n) is 23.3. The molecule has 1 heterocycles. The van der Waals surface area contributed by atoms with Crippen molar-refractivity contribution in [2.75, 3.05) is 0 Å². The minimum Gasteiger partial charge on any atom is -0.478 e. The van der Waals surface area contributed by atoms with Gasteiger partial charge in [-0.05, 0) is 55.1 Å². The third kappa shape index (κ3) is 7.63. The van der Waals surface area contributed by atoms with E-state index in [1.807, 2.05) is 13.8 Å². The minimum absolute atomic E-state index is 0.0327. The van der Waals surface area contributed by atoms with Crippen molar-refractivity contribution >= 4 is 24.7 Å². The largest absolute Gasteiger partial charge is 0.478 e. The Balaban J connectivity index is 1.62. The first-order chi connectivity index (χ1) is 17.4. The number of rotatable bonds is 12. The molecule has 0 bridgehead atoms. The summed E-state index contributed by atoms with van der Waals surface area (Å²) in [5.41, 5.74) is 0. The average Bonchev–Trinajstić information content (AvgIpc) is 3.14. The van der Waals surface area contributed by atoms with Crippen molar-refractivity contribution in [2.45, 2.75) is 103 Å². The van der Waals surface area contributed by atoms with Crippen molar-refractivity contribution in [2.24, 2.45) is 0 Å². The van der Waals surface area contributed by atoms with Gasteiger partial charge in [0.25, 0.3) is 8.32 Å². The number of benzene rings is 2. The summed E-state index contributed by atoms with van der Waals surface area (Å²) < 4.78 is 19.1. The Morgan fingerprint density at radius 2 is 1.57 bits per heavy atom. The van der Waals surface area contributed by atoms with E-state index >= 15 is 0 Å². The van der Waals surface area contributed by atoms with E-state index in [0.717, 1.165) is 38.2 Å². The molecule has 0 aliphatic carbocycles. The Morgan fingerprint density at radius 3 is 2.08 bits per heavy atom. The van der Waals surface area contributed by atoms with Gasteiger partial charge in [0.15, 0.2) is 5.79 Å². The molecule has 0 aromatic heterocycles. The van der Waals surface area contributed by atoms with Crippen LogP contribution in [0.4, 0.5) is 0 Å². The third-order valence-corrected chi connectivity index (χ3v) is 12.2. The highest BCUT2D eigenvalue weighted by Gasteiger charge is 2.50. The molecule has 5 nitrogen and oxygen atoms in total. The molecule has 0 radical (unpaired) electrons. The van der Waals surface area contributed by atoms with Crippen LogP contribution in [0.5, 0.6) is 0 Å². The zero-order valence-corrected chi connectivity index (χ0v) is 24.3. The molecule has 37 heavy (non-hydrogen) atoms. The highest BCUT2D eigenvalue weighted by molar-refractivity contribution is 6.99. The number of carboxylic acids is 1. The van der Waals surface area contributed by atoms with E-state index in [0.29, 0.717) is 0 Å². The maximum absolute atomic E-state index is 10.9. The van der Waals surface area contributed by atoms with Crippen LogP contribution < -0.4 is 10.4 Å². The number of aliphatic carboxylic acids is 1. The lowest BCUT2D eigenvalue weighted by atomic mass is 10.0. The smallest absolute Gasteiger partial charge is 0.328 e. The molecule has 0 spiro atoms.